The molecule has 0 aromatic heterocycles. The zero-order chi connectivity index (χ0) is 14.7. The van der Waals surface area contributed by atoms with E-state index in [1.54, 1.807) is 7.11 Å². The van der Waals surface area contributed by atoms with Crippen molar-refractivity contribution in [1.29, 1.82) is 0 Å². The second kappa shape index (κ2) is 6.48. The number of ether oxygens (including phenoxy) is 1. The minimum Gasteiger partial charge on any atom is -0.496 e. The van der Waals surface area contributed by atoms with Gasteiger partial charge in [0.05, 0.1) is 13.5 Å². The summed E-state index contributed by atoms with van der Waals surface area (Å²) in [5.41, 5.74) is 2.31. The lowest BCUT2D eigenvalue weighted by atomic mass is 9.89. The maximum absolute atomic E-state index is 11.9. The number of nitrogens with one attached hydrogen (secondary N) is 2. The Balaban J connectivity index is 1.69. The molecule has 1 amide bonds. The molecule has 2 aliphatic rings. The summed E-state index contributed by atoms with van der Waals surface area (Å²) in [6.45, 7) is 2.16. The van der Waals surface area contributed by atoms with Crippen LogP contribution in [0.3, 0.4) is 0 Å². The third kappa shape index (κ3) is 3.76. The zero-order valence-corrected chi connectivity index (χ0v) is 12.7. The summed E-state index contributed by atoms with van der Waals surface area (Å²) in [7, 11) is 1.68. The molecule has 2 N–H and O–H groups in total. The summed E-state index contributed by atoms with van der Waals surface area (Å²) >= 11 is 0. The van der Waals surface area contributed by atoms with Gasteiger partial charge in [-0.2, -0.15) is 0 Å². The number of hydrogen-bond acceptors (Lipinski definition) is 3. The fraction of sp³-hybridized carbons (Fsp3) is 0.588. The van der Waals surface area contributed by atoms with Crippen LogP contribution in [0.1, 0.15) is 42.7 Å². The van der Waals surface area contributed by atoms with Crippen molar-refractivity contribution in [3.05, 3.63) is 29.3 Å². The largest absolute Gasteiger partial charge is 0.496 e. The number of rotatable bonds is 5. The van der Waals surface area contributed by atoms with E-state index < -0.39 is 0 Å². The van der Waals surface area contributed by atoms with Gasteiger partial charge in [-0.3, -0.25) is 4.79 Å². The molecule has 1 heterocycles. The molecule has 1 aromatic rings. The quantitative estimate of drug-likeness (QED) is 0.871. The van der Waals surface area contributed by atoms with Crippen molar-refractivity contribution in [2.45, 2.75) is 44.1 Å². The van der Waals surface area contributed by atoms with Crippen LogP contribution in [0, 0.1) is 0 Å². The van der Waals surface area contributed by atoms with Crippen molar-refractivity contribution in [2.24, 2.45) is 0 Å². The lowest BCUT2D eigenvalue weighted by Gasteiger charge is -2.23. The third-order valence-electron chi connectivity index (χ3n) is 4.42. The molecule has 1 aromatic carbocycles. The van der Waals surface area contributed by atoms with E-state index in [1.165, 1.54) is 18.4 Å². The summed E-state index contributed by atoms with van der Waals surface area (Å²) in [5, 5.41) is 6.42. The van der Waals surface area contributed by atoms with Crippen LogP contribution in [0.2, 0.25) is 0 Å². The Labute approximate surface area is 126 Å². The number of methoxy groups -OCH3 is 1. The molecule has 1 aliphatic carbocycles. The Bertz CT molecular complexity index is 506. The maximum atomic E-state index is 11.9. The molecule has 2 fully saturated rings. The standard InChI is InChI=1S/C17H24N2O2/c1-21-16-10-13(12-6-8-18-9-7-12)2-3-14(16)11-17(20)19-15-4-5-15/h2-3,10,12,15,18H,4-9,11H2,1H3,(H,19,20). The minimum atomic E-state index is 0.102. The number of hydrogen-bond donors (Lipinski definition) is 2. The molecule has 1 aliphatic heterocycles. The molecule has 4 nitrogen and oxygen atoms in total. The summed E-state index contributed by atoms with van der Waals surface area (Å²) in [4.78, 5) is 11.9. The predicted octanol–water partition coefficient (Wildman–Crippen LogP) is 1.98. The molecule has 0 unspecified atom stereocenters. The first kappa shape index (κ1) is 14.4. The van der Waals surface area contributed by atoms with Crippen molar-refractivity contribution in [3.63, 3.8) is 0 Å². The van der Waals surface area contributed by atoms with Crippen LogP contribution in [0.5, 0.6) is 5.75 Å². The number of carbonyl (C=O) groups is 1. The molecule has 0 bridgehead atoms. The molecule has 0 spiro atoms. The van der Waals surface area contributed by atoms with E-state index in [-0.39, 0.29) is 5.91 Å². The summed E-state index contributed by atoms with van der Waals surface area (Å²) in [5.74, 6) is 1.55. The van der Waals surface area contributed by atoms with E-state index in [1.807, 2.05) is 0 Å². The van der Waals surface area contributed by atoms with Crippen molar-refractivity contribution in [2.75, 3.05) is 20.2 Å². The van der Waals surface area contributed by atoms with Crippen LogP contribution in [0.25, 0.3) is 0 Å². The third-order valence-corrected chi connectivity index (χ3v) is 4.42. The predicted molar refractivity (Wildman–Crippen MR) is 82.7 cm³/mol. The fourth-order valence-corrected chi connectivity index (χ4v) is 3.00. The molecule has 1 saturated carbocycles. The maximum Gasteiger partial charge on any atom is 0.224 e. The Morgan fingerprint density at radius 3 is 2.71 bits per heavy atom. The van der Waals surface area contributed by atoms with Gasteiger partial charge in [0, 0.05) is 11.6 Å². The minimum absolute atomic E-state index is 0.102. The summed E-state index contributed by atoms with van der Waals surface area (Å²) in [6.07, 6.45) is 5.00. The highest BCUT2D eigenvalue weighted by atomic mass is 16.5. The molecule has 0 atom stereocenters. The summed E-state index contributed by atoms with van der Waals surface area (Å²) in [6, 6.07) is 6.76. The smallest absolute Gasteiger partial charge is 0.224 e. The summed E-state index contributed by atoms with van der Waals surface area (Å²) < 4.78 is 5.50. The molecule has 3 rings (SSSR count). The van der Waals surface area contributed by atoms with Gasteiger partial charge in [-0.15, -0.1) is 0 Å². The fourth-order valence-electron chi connectivity index (χ4n) is 3.00. The van der Waals surface area contributed by atoms with Crippen molar-refractivity contribution >= 4 is 5.91 Å². The molecule has 4 heteroatoms. The first-order valence-electron chi connectivity index (χ1n) is 7.93. The van der Waals surface area contributed by atoms with Gasteiger partial charge in [-0.1, -0.05) is 12.1 Å². The van der Waals surface area contributed by atoms with E-state index >= 15 is 0 Å². The van der Waals surface area contributed by atoms with Crippen molar-refractivity contribution in [3.8, 4) is 5.75 Å². The van der Waals surface area contributed by atoms with Gasteiger partial charge < -0.3 is 15.4 Å². The van der Waals surface area contributed by atoms with Crippen LogP contribution in [-0.2, 0) is 11.2 Å². The van der Waals surface area contributed by atoms with Crippen LogP contribution >= 0.6 is 0 Å². The topological polar surface area (TPSA) is 50.4 Å². The number of carbonyl (C=O) groups excluding carboxylic acids is 1. The molecule has 21 heavy (non-hydrogen) atoms. The van der Waals surface area contributed by atoms with Gasteiger partial charge in [0.2, 0.25) is 5.91 Å². The van der Waals surface area contributed by atoms with E-state index in [0.29, 0.717) is 18.4 Å². The molecule has 0 radical (unpaired) electrons. The lowest BCUT2D eigenvalue weighted by Crippen LogP contribution is -2.27. The first-order chi connectivity index (χ1) is 10.3. The Morgan fingerprint density at radius 1 is 1.29 bits per heavy atom. The van der Waals surface area contributed by atoms with Crippen LogP contribution < -0.4 is 15.4 Å². The Hall–Kier alpha value is -1.55. The van der Waals surface area contributed by atoms with Gasteiger partial charge in [0.15, 0.2) is 0 Å². The molecule has 1 saturated heterocycles. The van der Waals surface area contributed by atoms with E-state index in [2.05, 4.69) is 28.8 Å². The van der Waals surface area contributed by atoms with Crippen molar-refractivity contribution in [1.82, 2.24) is 10.6 Å². The van der Waals surface area contributed by atoms with Gasteiger partial charge in [0.1, 0.15) is 5.75 Å². The number of piperidine rings is 1. The second-order valence-electron chi connectivity index (χ2n) is 6.11. The van der Waals surface area contributed by atoms with E-state index in [0.717, 1.165) is 37.2 Å². The molecule has 114 valence electrons. The van der Waals surface area contributed by atoms with E-state index in [4.69, 9.17) is 4.74 Å². The van der Waals surface area contributed by atoms with Crippen molar-refractivity contribution < 1.29 is 9.53 Å². The van der Waals surface area contributed by atoms with E-state index in [9.17, 15) is 4.79 Å². The first-order valence-corrected chi connectivity index (χ1v) is 7.93. The van der Waals surface area contributed by atoms with Crippen LogP contribution in [-0.4, -0.2) is 32.1 Å². The average molecular weight is 288 g/mol. The highest BCUT2D eigenvalue weighted by Crippen LogP contribution is 2.30. The molecular weight excluding hydrogens is 264 g/mol. The Kier molecular flexibility index (Phi) is 4.44. The number of amides is 1. The highest BCUT2D eigenvalue weighted by Gasteiger charge is 2.24. The zero-order valence-electron chi connectivity index (χ0n) is 12.7. The van der Waals surface area contributed by atoms with Crippen LogP contribution in [0.15, 0.2) is 18.2 Å². The SMILES string of the molecule is COc1cc(C2CCNCC2)ccc1CC(=O)NC1CC1. The van der Waals surface area contributed by atoms with Crippen LogP contribution in [0.4, 0.5) is 0 Å². The van der Waals surface area contributed by atoms with Gasteiger partial charge >= 0.3 is 0 Å². The Morgan fingerprint density at radius 2 is 2.05 bits per heavy atom. The van der Waals surface area contributed by atoms with Gasteiger partial charge in [-0.05, 0) is 56.3 Å². The second-order valence-corrected chi connectivity index (χ2v) is 6.11. The monoisotopic (exact) mass is 288 g/mol. The highest BCUT2D eigenvalue weighted by molar-refractivity contribution is 5.80. The lowest BCUT2D eigenvalue weighted by molar-refractivity contribution is -0.120. The molecular formula is C17H24N2O2. The normalized spacial score (nSPS) is 19.3. The number of benzene rings is 1. The van der Waals surface area contributed by atoms with Gasteiger partial charge in [0.25, 0.3) is 0 Å². The van der Waals surface area contributed by atoms with Gasteiger partial charge in [-0.25, -0.2) is 0 Å². The average Bonchev–Trinajstić information content (AvgIpc) is 3.32.